The molecular weight excluding hydrogens is 249 g/mol. The first kappa shape index (κ1) is 13.1. The van der Waals surface area contributed by atoms with E-state index in [-0.39, 0.29) is 11.1 Å². The van der Waals surface area contributed by atoms with Crippen LogP contribution in [0.5, 0.6) is 0 Å². The van der Waals surface area contributed by atoms with Crippen LogP contribution in [-0.2, 0) is 6.42 Å². The molecule has 0 aliphatic carbocycles. The normalized spacial score (nSPS) is 12.4. The molecule has 2 aromatic rings. The quantitative estimate of drug-likeness (QED) is 0.889. The van der Waals surface area contributed by atoms with Crippen molar-refractivity contribution in [3.05, 3.63) is 70.0 Å². The van der Waals surface area contributed by atoms with Crippen molar-refractivity contribution in [1.29, 1.82) is 0 Å². The number of hydrogen-bond donors (Lipinski definition) is 1. The summed E-state index contributed by atoms with van der Waals surface area (Å²) in [7, 11) is 0. The molecule has 94 valence electrons. The fourth-order valence-electron chi connectivity index (χ4n) is 1.95. The van der Waals surface area contributed by atoms with Gasteiger partial charge in [-0.15, -0.1) is 0 Å². The molecule has 2 N–H and O–H groups in total. The van der Waals surface area contributed by atoms with Crippen molar-refractivity contribution in [1.82, 2.24) is 0 Å². The van der Waals surface area contributed by atoms with E-state index >= 15 is 0 Å². The molecule has 0 saturated carbocycles. The van der Waals surface area contributed by atoms with E-state index in [1.165, 1.54) is 11.6 Å². The molecule has 2 rings (SSSR count). The molecule has 0 amide bonds. The van der Waals surface area contributed by atoms with Gasteiger partial charge in [-0.05, 0) is 36.6 Å². The molecule has 0 heterocycles. The molecular formula is C15H15ClFN. The van der Waals surface area contributed by atoms with Gasteiger partial charge in [0, 0.05) is 6.04 Å². The van der Waals surface area contributed by atoms with Gasteiger partial charge in [0.25, 0.3) is 0 Å². The Morgan fingerprint density at radius 3 is 2.67 bits per heavy atom. The largest absolute Gasteiger partial charge is 0.324 e. The van der Waals surface area contributed by atoms with Crippen LogP contribution >= 0.6 is 11.6 Å². The van der Waals surface area contributed by atoms with Gasteiger partial charge in [-0.3, -0.25) is 0 Å². The zero-order valence-electron chi connectivity index (χ0n) is 10.2. The second-order valence-electron chi connectivity index (χ2n) is 4.47. The smallest absolute Gasteiger partial charge is 0.142 e. The Kier molecular flexibility index (Phi) is 4.00. The average molecular weight is 264 g/mol. The molecule has 1 atom stereocenters. The average Bonchev–Trinajstić information content (AvgIpc) is 2.32. The molecule has 0 aromatic heterocycles. The summed E-state index contributed by atoms with van der Waals surface area (Å²) in [4.78, 5) is 0. The van der Waals surface area contributed by atoms with Gasteiger partial charge in [-0.1, -0.05) is 47.5 Å². The number of halogens is 2. The maximum Gasteiger partial charge on any atom is 0.142 e. The summed E-state index contributed by atoms with van der Waals surface area (Å²) < 4.78 is 13.4. The van der Waals surface area contributed by atoms with Crippen LogP contribution in [0, 0.1) is 12.7 Å². The lowest BCUT2D eigenvalue weighted by Gasteiger charge is -2.13. The minimum absolute atomic E-state index is 0.126. The zero-order valence-corrected chi connectivity index (χ0v) is 10.9. The molecule has 2 aromatic carbocycles. The summed E-state index contributed by atoms with van der Waals surface area (Å²) in [5, 5.41) is 0.126. The number of aryl methyl sites for hydroxylation is 1. The molecule has 0 spiro atoms. The molecule has 0 saturated heterocycles. The highest BCUT2D eigenvalue weighted by Crippen LogP contribution is 2.21. The Balaban J connectivity index is 2.16. The van der Waals surface area contributed by atoms with Gasteiger partial charge >= 0.3 is 0 Å². The van der Waals surface area contributed by atoms with Gasteiger partial charge < -0.3 is 5.73 Å². The first-order valence-electron chi connectivity index (χ1n) is 5.82. The van der Waals surface area contributed by atoms with Gasteiger partial charge in [-0.25, -0.2) is 4.39 Å². The van der Waals surface area contributed by atoms with Gasteiger partial charge in [0.2, 0.25) is 0 Å². The lowest BCUT2D eigenvalue weighted by atomic mass is 9.99. The lowest BCUT2D eigenvalue weighted by molar-refractivity contribution is 0.619. The number of nitrogens with two attached hydrogens (primary N) is 1. The Morgan fingerprint density at radius 2 is 2.00 bits per heavy atom. The van der Waals surface area contributed by atoms with Crippen molar-refractivity contribution in [3.63, 3.8) is 0 Å². The second kappa shape index (κ2) is 5.51. The van der Waals surface area contributed by atoms with Gasteiger partial charge in [0.15, 0.2) is 0 Å². The van der Waals surface area contributed by atoms with E-state index in [4.69, 9.17) is 17.3 Å². The maximum absolute atomic E-state index is 13.4. The fourth-order valence-corrected chi connectivity index (χ4v) is 2.07. The van der Waals surface area contributed by atoms with Crippen LogP contribution in [0.4, 0.5) is 4.39 Å². The highest BCUT2D eigenvalue weighted by atomic mass is 35.5. The van der Waals surface area contributed by atoms with Crippen LogP contribution in [0.3, 0.4) is 0 Å². The van der Waals surface area contributed by atoms with Gasteiger partial charge in [0.1, 0.15) is 5.82 Å². The number of benzene rings is 2. The standard InChI is InChI=1S/C15H15ClFN/c1-10-3-2-4-11(7-10)8-15(18)12-5-6-13(16)14(17)9-12/h2-7,9,15H,8,18H2,1H3. The summed E-state index contributed by atoms with van der Waals surface area (Å²) in [6, 6.07) is 12.7. The highest BCUT2D eigenvalue weighted by molar-refractivity contribution is 6.30. The SMILES string of the molecule is Cc1cccc(CC(N)c2ccc(Cl)c(F)c2)c1. The Hall–Kier alpha value is -1.38. The summed E-state index contributed by atoms with van der Waals surface area (Å²) in [5.41, 5.74) is 9.20. The molecule has 1 nitrogen and oxygen atoms in total. The van der Waals surface area contributed by atoms with Crippen molar-refractivity contribution in [2.45, 2.75) is 19.4 Å². The van der Waals surface area contributed by atoms with Crippen LogP contribution in [0.1, 0.15) is 22.7 Å². The number of hydrogen-bond acceptors (Lipinski definition) is 1. The van der Waals surface area contributed by atoms with Gasteiger partial charge in [0.05, 0.1) is 5.02 Å². The third-order valence-corrected chi connectivity index (χ3v) is 3.22. The topological polar surface area (TPSA) is 26.0 Å². The molecule has 0 aliphatic rings. The van der Waals surface area contributed by atoms with E-state index in [2.05, 4.69) is 6.07 Å². The third-order valence-electron chi connectivity index (χ3n) is 2.91. The van der Waals surface area contributed by atoms with Crippen LogP contribution in [-0.4, -0.2) is 0 Å². The number of rotatable bonds is 3. The van der Waals surface area contributed by atoms with E-state index in [0.29, 0.717) is 6.42 Å². The summed E-state index contributed by atoms with van der Waals surface area (Å²) >= 11 is 5.65. The molecule has 18 heavy (non-hydrogen) atoms. The summed E-state index contributed by atoms with van der Waals surface area (Å²) in [6.07, 6.45) is 0.683. The van der Waals surface area contributed by atoms with Gasteiger partial charge in [-0.2, -0.15) is 0 Å². The summed E-state index contributed by atoms with van der Waals surface area (Å²) in [6.45, 7) is 2.04. The molecule has 1 unspecified atom stereocenters. The van der Waals surface area contributed by atoms with Crippen LogP contribution < -0.4 is 5.73 Å². The van der Waals surface area contributed by atoms with E-state index in [9.17, 15) is 4.39 Å². The first-order chi connectivity index (χ1) is 8.56. The molecule has 0 radical (unpaired) electrons. The molecule has 0 aliphatic heterocycles. The maximum atomic E-state index is 13.4. The summed E-state index contributed by atoms with van der Waals surface area (Å²) in [5.74, 6) is -0.422. The molecule has 3 heteroatoms. The molecule has 0 bridgehead atoms. The van der Waals surface area contributed by atoms with Crippen molar-refractivity contribution in [2.24, 2.45) is 5.73 Å². The second-order valence-corrected chi connectivity index (χ2v) is 4.88. The van der Waals surface area contributed by atoms with Crippen LogP contribution in [0.2, 0.25) is 5.02 Å². The monoisotopic (exact) mass is 263 g/mol. The Labute approximate surface area is 111 Å². The van der Waals surface area contributed by atoms with Crippen molar-refractivity contribution in [2.75, 3.05) is 0 Å². The third kappa shape index (κ3) is 3.09. The minimum atomic E-state index is -0.422. The minimum Gasteiger partial charge on any atom is -0.324 e. The van der Waals surface area contributed by atoms with Crippen LogP contribution in [0.25, 0.3) is 0 Å². The van der Waals surface area contributed by atoms with E-state index < -0.39 is 5.82 Å². The van der Waals surface area contributed by atoms with Crippen LogP contribution in [0.15, 0.2) is 42.5 Å². The van der Waals surface area contributed by atoms with E-state index in [1.54, 1.807) is 12.1 Å². The Morgan fingerprint density at radius 1 is 1.22 bits per heavy atom. The Bertz CT molecular complexity index is 554. The van der Waals surface area contributed by atoms with E-state index in [1.807, 2.05) is 25.1 Å². The van der Waals surface area contributed by atoms with E-state index in [0.717, 1.165) is 11.1 Å². The molecule has 0 fully saturated rings. The lowest BCUT2D eigenvalue weighted by Crippen LogP contribution is -2.13. The van der Waals surface area contributed by atoms with Crippen molar-refractivity contribution >= 4 is 11.6 Å². The van der Waals surface area contributed by atoms with Crippen molar-refractivity contribution < 1.29 is 4.39 Å². The highest BCUT2D eigenvalue weighted by Gasteiger charge is 2.09. The predicted molar refractivity (Wildman–Crippen MR) is 73.2 cm³/mol. The van der Waals surface area contributed by atoms with Crippen molar-refractivity contribution in [3.8, 4) is 0 Å². The first-order valence-corrected chi connectivity index (χ1v) is 6.20. The predicted octanol–water partition coefficient (Wildman–Crippen LogP) is 4.03. The zero-order chi connectivity index (χ0) is 13.1. The fraction of sp³-hybridized carbons (Fsp3) is 0.200.